The first-order valence-corrected chi connectivity index (χ1v) is 13.3. The third kappa shape index (κ3) is 6.42. The number of carbonyl (C=O) groups is 2. The molecule has 0 saturated heterocycles. The SMILES string of the molecule is CCC(OCc1ccccc1)C(C)(C)[C@](NC(=O)OCc1ccccc1)(OCn1cnc2c(=O)[nH]c(N)nc21)C(=O)O. The number of nitrogen functional groups attached to an aromatic ring is 1. The summed E-state index contributed by atoms with van der Waals surface area (Å²) in [5.41, 5.74) is 3.05. The summed E-state index contributed by atoms with van der Waals surface area (Å²) in [5, 5.41) is 13.2. The van der Waals surface area contributed by atoms with E-state index < -0.39 is 41.6 Å². The molecule has 1 unspecified atom stereocenters. The number of H-pyrrole nitrogens is 1. The summed E-state index contributed by atoms with van der Waals surface area (Å²) in [7, 11) is 0. The van der Waals surface area contributed by atoms with Crippen LogP contribution >= 0.6 is 0 Å². The molecular weight excluding hydrogens is 544 g/mol. The fourth-order valence-electron chi connectivity index (χ4n) is 4.74. The lowest BCUT2D eigenvalue weighted by Gasteiger charge is -2.46. The van der Waals surface area contributed by atoms with Gasteiger partial charge in [-0.1, -0.05) is 81.4 Å². The average Bonchev–Trinajstić information content (AvgIpc) is 3.38. The van der Waals surface area contributed by atoms with Crippen molar-refractivity contribution in [3.8, 4) is 0 Å². The van der Waals surface area contributed by atoms with E-state index in [-0.39, 0.29) is 30.3 Å². The van der Waals surface area contributed by atoms with Crippen LogP contribution in [0.5, 0.6) is 0 Å². The van der Waals surface area contributed by atoms with Gasteiger partial charge in [0.05, 0.1) is 24.5 Å². The molecule has 13 nitrogen and oxygen atoms in total. The number of alkyl carbamates (subject to hydrolysis) is 1. The van der Waals surface area contributed by atoms with Crippen molar-refractivity contribution in [2.75, 3.05) is 5.73 Å². The van der Waals surface area contributed by atoms with Crippen LogP contribution in [0.15, 0.2) is 71.8 Å². The first kappa shape index (κ1) is 30.2. The van der Waals surface area contributed by atoms with Crippen LogP contribution in [0, 0.1) is 5.41 Å². The number of hydrogen-bond acceptors (Lipinski definition) is 9. The van der Waals surface area contributed by atoms with E-state index >= 15 is 0 Å². The van der Waals surface area contributed by atoms with E-state index in [0.717, 1.165) is 5.56 Å². The number of fused-ring (bicyclic) bond motifs is 1. The number of anilines is 1. The van der Waals surface area contributed by atoms with Crippen molar-refractivity contribution in [1.29, 1.82) is 0 Å². The summed E-state index contributed by atoms with van der Waals surface area (Å²) in [4.78, 5) is 49.0. The van der Waals surface area contributed by atoms with Gasteiger partial charge in [-0.3, -0.25) is 19.7 Å². The fourth-order valence-corrected chi connectivity index (χ4v) is 4.74. The van der Waals surface area contributed by atoms with Crippen molar-refractivity contribution in [3.63, 3.8) is 0 Å². The topological polar surface area (TPSA) is 184 Å². The second-order valence-electron chi connectivity index (χ2n) is 10.2. The second kappa shape index (κ2) is 12.8. The molecule has 222 valence electrons. The Balaban J connectivity index is 1.67. The van der Waals surface area contributed by atoms with Crippen molar-refractivity contribution in [3.05, 3.63) is 88.5 Å². The van der Waals surface area contributed by atoms with Crippen molar-refractivity contribution < 1.29 is 28.9 Å². The molecule has 0 spiro atoms. The Morgan fingerprint density at radius 1 is 1.07 bits per heavy atom. The van der Waals surface area contributed by atoms with Gasteiger partial charge in [0.25, 0.3) is 11.3 Å². The van der Waals surface area contributed by atoms with Gasteiger partial charge in [0.2, 0.25) is 5.95 Å². The lowest BCUT2D eigenvalue weighted by molar-refractivity contribution is -0.223. The number of carboxylic acid groups (broad SMARTS) is 1. The third-order valence-corrected chi connectivity index (χ3v) is 7.08. The van der Waals surface area contributed by atoms with Crippen LogP contribution in [0.3, 0.4) is 0 Å². The van der Waals surface area contributed by atoms with Crippen LogP contribution in [0.25, 0.3) is 11.2 Å². The van der Waals surface area contributed by atoms with E-state index in [1.165, 1.54) is 10.9 Å². The largest absolute Gasteiger partial charge is 0.478 e. The highest BCUT2D eigenvalue weighted by Gasteiger charge is 2.58. The Labute approximate surface area is 241 Å². The van der Waals surface area contributed by atoms with Gasteiger partial charge < -0.3 is 25.1 Å². The summed E-state index contributed by atoms with van der Waals surface area (Å²) in [6.07, 6.45) is -0.0653. The number of nitrogens with one attached hydrogen (secondary N) is 2. The number of hydrogen-bond donors (Lipinski definition) is 4. The van der Waals surface area contributed by atoms with E-state index in [1.54, 1.807) is 38.1 Å². The molecule has 0 radical (unpaired) electrons. The molecule has 4 aromatic rings. The van der Waals surface area contributed by atoms with Crippen LogP contribution in [0.2, 0.25) is 0 Å². The molecule has 13 heteroatoms. The molecule has 2 heterocycles. The molecule has 2 aromatic heterocycles. The molecule has 0 bridgehead atoms. The lowest BCUT2D eigenvalue weighted by atomic mass is 9.74. The Morgan fingerprint density at radius 3 is 2.29 bits per heavy atom. The summed E-state index contributed by atoms with van der Waals surface area (Å²) < 4.78 is 19.0. The van der Waals surface area contributed by atoms with Crippen molar-refractivity contribution in [2.24, 2.45) is 5.41 Å². The predicted octanol–water partition coefficient (Wildman–Crippen LogP) is 3.40. The number of amides is 1. The maximum Gasteiger partial charge on any atom is 0.410 e. The molecule has 2 atom stereocenters. The highest BCUT2D eigenvalue weighted by molar-refractivity contribution is 5.84. The summed E-state index contributed by atoms with van der Waals surface area (Å²) in [6, 6.07) is 18.4. The Morgan fingerprint density at radius 2 is 1.69 bits per heavy atom. The Bertz CT molecular complexity index is 1570. The van der Waals surface area contributed by atoms with Gasteiger partial charge in [-0.2, -0.15) is 4.98 Å². The minimum atomic E-state index is -2.37. The number of benzene rings is 2. The normalized spacial score (nSPS) is 13.8. The lowest BCUT2D eigenvalue weighted by Crippen LogP contribution is -2.68. The number of aromatic nitrogens is 4. The summed E-state index contributed by atoms with van der Waals surface area (Å²) in [5.74, 6) is -1.64. The molecule has 5 N–H and O–H groups in total. The highest BCUT2D eigenvalue weighted by atomic mass is 16.6. The van der Waals surface area contributed by atoms with Crippen LogP contribution in [-0.2, 0) is 38.9 Å². The minimum absolute atomic E-state index is 0.0131. The van der Waals surface area contributed by atoms with Gasteiger partial charge in [0, 0.05) is 0 Å². The zero-order valence-corrected chi connectivity index (χ0v) is 23.6. The molecule has 0 aliphatic carbocycles. The summed E-state index contributed by atoms with van der Waals surface area (Å²) >= 11 is 0. The maximum absolute atomic E-state index is 13.1. The Hall–Kier alpha value is -4.75. The first-order valence-electron chi connectivity index (χ1n) is 13.3. The van der Waals surface area contributed by atoms with Gasteiger partial charge >= 0.3 is 12.1 Å². The van der Waals surface area contributed by atoms with Crippen LogP contribution < -0.4 is 16.6 Å². The number of aromatic amines is 1. The number of imidazole rings is 1. The highest BCUT2D eigenvalue weighted by Crippen LogP contribution is 2.40. The number of carbonyl (C=O) groups excluding carboxylic acids is 1. The van der Waals surface area contributed by atoms with Gasteiger partial charge in [0.1, 0.15) is 13.3 Å². The first-order chi connectivity index (χ1) is 20.1. The number of nitrogens with two attached hydrogens (primary N) is 1. The van der Waals surface area contributed by atoms with E-state index in [1.807, 2.05) is 43.3 Å². The molecule has 0 saturated carbocycles. The van der Waals surface area contributed by atoms with Crippen LogP contribution in [-0.4, -0.2) is 48.5 Å². The van der Waals surface area contributed by atoms with Gasteiger partial charge in [-0.05, 0) is 17.5 Å². The van der Waals surface area contributed by atoms with E-state index in [2.05, 4.69) is 20.3 Å². The van der Waals surface area contributed by atoms with E-state index in [9.17, 15) is 19.5 Å². The van der Waals surface area contributed by atoms with Crippen LogP contribution in [0.1, 0.15) is 38.3 Å². The molecule has 0 fully saturated rings. The Kier molecular flexibility index (Phi) is 9.23. The quantitative estimate of drug-likeness (QED) is 0.171. The van der Waals surface area contributed by atoms with Gasteiger partial charge in [-0.15, -0.1) is 0 Å². The van der Waals surface area contributed by atoms with Gasteiger partial charge in [0.15, 0.2) is 11.2 Å². The van der Waals surface area contributed by atoms with Gasteiger partial charge in [-0.25, -0.2) is 14.6 Å². The molecule has 4 rings (SSSR count). The number of ether oxygens (including phenoxy) is 3. The van der Waals surface area contributed by atoms with Crippen LogP contribution in [0.4, 0.5) is 10.7 Å². The van der Waals surface area contributed by atoms with Crippen molar-refractivity contribution in [1.82, 2.24) is 24.8 Å². The molecule has 1 amide bonds. The summed E-state index contributed by atoms with van der Waals surface area (Å²) in [6.45, 7) is 4.75. The maximum atomic E-state index is 13.1. The third-order valence-electron chi connectivity index (χ3n) is 7.08. The molecular formula is C29H34N6O7. The monoisotopic (exact) mass is 578 g/mol. The molecule has 2 aromatic carbocycles. The average molecular weight is 579 g/mol. The number of aliphatic carboxylic acids is 1. The predicted molar refractivity (Wildman–Crippen MR) is 153 cm³/mol. The van der Waals surface area contributed by atoms with Crippen molar-refractivity contribution in [2.45, 2.75) is 59.0 Å². The molecule has 0 aliphatic rings. The second-order valence-corrected chi connectivity index (χ2v) is 10.2. The number of rotatable bonds is 13. The van der Waals surface area contributed by atoms with E-state index in [4.69, 9.17) is 19.9 Å². The smallest absolute Gasteiger partial charge is 0.410 e. The zero-order chi connectivity index (χ0) is 30.3. The van der Waals surface area contributed by atoms with E-state index in [0.29, 0.717) is 12.0 Å². The zero-order valence-electron chi connectivity index (χ0n) is 23.6. The standard InChI is InChI=1S/C29H34N6O7/c1-4-21(40-15-19-11-7-5-8-12-19)28(2,3)29(25(37)38,34-27(39)41-16-20-13-9-6-10-14-20)42-18-35-17-31-22-23(35)32-26(30)33-24(22)36/h5-14,17,21H,4,15-16,18H2,1-3H3,(H,34,39)(H,37,38)(H3,30,32,33,36)/t21?,29-/m1/s1. The number of carboxylic acids is 1. The molecule has 42 heavy (non-hydrogen) atoms. The fraction of sp³-hybridized carbons (Fsp3) is 0.345. The molecule has 0 aliphatic heterocycles. The van der Waals surface area contributed by atoms with Crippen molar-refractivity contribution >= 4 is 29.2 Å². The minimum Gasteiger partial charge on any atom is -0.478 e. The number of nitrogens with zero attached hydrogens (tertiary/aromatic N) is 3.